The number of nitrogens with one attached hydrogen (secondary N) is 2. The molecule has 1 amide bonds. The predicted octanol–water partition coefficient (Wildman–Crippen LogP) is 4.98. The Morgan fingerprint density at radius 1 is 1.13 bits per heavy atom. The molecule has 0 aliphatic heterocycles. The molecule has 9 heteroatoms. The van der Waals surface area contributed by atoms with E-state index in [2.05, 4.69) is 15.2 Å². The largest absolute Gasteiger partial charge is 0.354 e. The monoisotopic (exact) mass is 457 g/mol. The number of aromatic nitrogens is 1. The van der Waals surface area contributed by atoms with E-state index in [1.165, 1.54) is 0 Å². The van der Waals surface area contributed by atoms with Crippen LogP contribution in [0.3, 0.4) is 0 Å². The zero-order valence-electron chi connectivity index (χ0n) is 17.4. The molecule has 0 saturated heterocycles. The maximum atomic E-state index is 12.7. The standard InChI is InChI=1S/C22H23N3O4S2/c1-13-4-7-17(12-14(13)2)25-31(27,28)20-11-9-18(30-20)8-10-19-21(15(3)24-29-19)23-22(26)16-5-6-16/h4,7-12,16,25H,5-6H2,1-3H3,(H,23,26)/b10-8+. The van der Waals surface area contributed by atoms with Gasteiger partial charge >= 0.3 is 0 Å². The van der Waals surface area contributed by atoms with E-state index in [4.69, 9.17) is 4.52 Å². The highest BCUT2D eigenvalue weighted by atomic mass is 32.2. The van der Waals surface area contributed by atoms with Crippen molar-refractivity contribution >= 4 is 50.8 Å². The number of carbonyl (C=O) groups is 1. The van der Waals surface area contributed by atoms with Crippen molar-refractivity contribution in [2.45, 2.75) is 37.8 Å². The SMILES string of the molecule is Cc1ccc(NS(=O)(=O)c2ccc(/C=C/c3onc(C)c3NC(=O)C3CC3)s2)cc1C. The summed E-state index contributed by atoms with van der Waals surface area (Å²) in [7, 11) is -3.69. The molecule has 1 aliphatic rings. The van der Waals surface area contributed by atoms with E-state index in [1.807, 2.05) is 26.0 Å². The lowest BCUT2D eigenvalue weighted by Crippen LogP contribution is -2.14. The minimum absolute atomic E-state index is 0.0251. The molecular weight excluding hydrogens is 434 g/mol. The molecule has 1 aromatic carbocycles. The van der Waals surface area contributed by atoms with Gasteiger partial charge in [-0.15, -0.1) is 11.3 Å². The number of amides is 1. The van der Waals surface area contributed by atoms with E-state index < -0.39 is 10.0 Å². The smallest absolute Gasteiger partial charge is 0.271 e. The molecule has 2 N–H and O–H groups in total. The Kier molecular flexibility index (Phi) is 5.72. The fourth-order valence-corrected chi connectivity index (χ4v) is 5.24. The molecule has 3 aromatic rings. The molecule has 0 radical (unpaired) electrons. The first-order valence-electron chi connectivity index (χ1n) is 9.88. The van der Waals surface area contributed by atoms with Gasteiger partial charge in [-0.3, -0.25) is 9.52 Å². The quantitative estimate of drug-likeness (QED) is 0.521. The van der Waals surface area contributed by atoms with Crippen molar-refractivity contribution in [1.82, 2.24) is 5.16 Å². The number of sulfonamides is 1. The first-order chi connectivity index (χ1) is 14.7. The van der Waals surface area contributed by atoms with Crippen LogP contribution in [0.2, 0.25) is 0 Å². The highest BCUT2D eigenvalue weighted by Crippen LogP contribution is 2.32. The third-order valence-corrected chi connectivity index (χ3v) is 8.03. The van der Waals surface area contributed by atoms with Crippen molar-refractivity contribution in [2.75, 3.05) is 10.0 Å². The van der Waals surface area contributed by atoms with Gasteiger partial charge in [-0.05, 0) is 81.2 Å². The maximum absolute atomic E-state index is 12.7. The average molecular weight is 458 g/mol. The Labute approximate surface area is 185 Å². The molecule has 2 aromatic heterocycles. The van der Waals surface area contributed by atoms with E-state index in [-0.39, 0.29) is 16.0 Å². The lowest BCUT2D eigenvalue weighted by atomic mass is 10.1. The van der Waals surface area contributed by atoms with Crippen molar-refractivity contribution in [3.05, 3.63) is 57.8 Å². The Morgan fingerprint density at radius 2 is 1.90 bits per heavy atom. The number of benzene rings is 1. The lowest BCUT2D eigenvalue weighted by molar-refractivity contribution is -0.117. The Hall–Kier alpha value is -2.91. The zero-order valence-corrected chi connectivity index (χ0v) is 19.1. The molecule has 0 bridgehead atoms. The zero-order chi connectivity index (χ0) is 22.2. The van der Waals surface area contributed by atoms with Crippen LogP contribution in [0, 0.1) is 26.7 Å². The van der Waals surface area contributed by atoms with Crippen molar-refractivity contribution in [3.63, 3.8) is 0 Å². The van der Waals surface area contributed by atoms with Crippen LogP contribution < -0.4 is 10.0 Å². The maximum Gasteiger partial charge on any atom is 0.271 e. The normalized spacial score (nSPS) is 14.2. The second kappa shape index (κ2) is 8.32. The number of nitrogens with zero attached hydrogens (tertiary/aromatic N) is 1. The average Bonchev–Trinajstić information content (AvgIpc) is 3.36. The Bertz CT molecular complexity index is 1270. The van der Waals surface area contributed by atoms with Crippen LogP contribution in [0.25, 0.3) is 12.2 Å². The van der Waals surface area contributed by atoms with Crippen LogP contribution in [-0.2, 0) is 14.8 Å². The molecule has 1 fully saturated rings. The second-order valence-corrected chi connectivity index (χ2v) is 10.7. The van der Waals surface area contributed by atoms with Crippen molar-refractivity contribution < 1.29 is 17.7 Å². The molecule has 7 nitrogen and oxygen atoms in total. The Balaban J connectivity index is 1.49. The second-order valence-electron chi connectivity index (χ2n) is 7.67. The number of carbonyl (C=O) groups excluding carboxylic acids is 1. The van der Waals surface area contributed by atoms with E-state index in [0.29, 0.717) is 22.8 Å². The lowest BCUT2D eigenvalue weighted by Gasteiger charge is -2.08. The molecule has 2 heterocycles. The number of hydrogen-bond acceptors (Lipinski definition) is 6. The van der Waals surface area contributed by atoms with Gasteiger partial charge < -0.3 is 9.84 Å². The highest BCUT2D eigenvalue weighted by Gasteiger charge is 2.30. The Morgan fingerprint density at radius 3 is 2.61 bits per heavy atom. The molecule has 1 saturated carbocycles. The first kappa shape index (κ1) is 21.3. The molecular formula is C22H23N3O4S2. The topological polar surface area (TPSA) is 101 Å². The number of thiophene rings is 1. The fraction of sp³-hybridized carbons (Fsp3) is 0.273. The van der Waals surface area contributed by atoms with Crippen molar-refractivity contribution in [3.8, 4) is 0 Å². The molecule has 0 unspecified atom stereocenters. The molecule has 31 heavy (non-hydrogen) atoms. The molecule has 162 valence electrons. The first-order valence-corrected chi connectivity index (χ1v) is 12.2. The summed E-state index contributed by atoms with van der Waals surface area (Å²) in [5, 5.41) is 6.80. The van der Waals surface area contributed by atoms with Gasteiger partial charge in [0.2, 0.25) is 5.91 Å². The van der Waals surface area contributed by atoms with Crippen LogP contribution >= 0.6 is 11.3 Å². The minimum atomic E-state index is -3.69. The summed E-state index contributed by atoms with van der Waals surface area (Å²) in [5.41, 5.74) is 3.79. The summed E-state index contributed by atoms with van der Waals surface area (Å²) < 4.78 is 33.6. The van der Waals surface area contributed by atoms with Gasteiger partial charge in [-0.25, -0.2) is 8.42 Å². The fourth-order valence-electron chi connectivity index (χ4n) is 2.96. The van der Waals surface area contributed by atoms with Gasteiger partial charge in [0.25, 0.3) is 10.0 Å². The van der Waals surface area contributed by atoms with Crippen LogP contribution in [-0.4, -0.2) is 19.5 Å². The third kappa shape index (κ3) is 4.88. The summed E-state index contributed by atoms with van der Waals surface area (Å²) in [6.07, 6.45) is 5.24. The number of anilines is 2. The highest BCUT2D eigenvalue weighted by molar-refractivity contribution is 7.94. The molecule has 4 rings (SSSR count). The summed E-state index contributed by atoms with van der Waals surface area (Å²) in [6.45, 7) is 5.68. The molecule has 1 aliphatic carbocycles. The van der Waals surface area contributed by atoms with E-state index in [1.54, 1.807) is 37.3 Å². The van der Waals surface area contributed by atoms with Gasteiger partial charge in [-0.1, -0.05) is 11.2 Å². The van der Waals surface area contributed by atoms with Crippen LogP contribution in [0.1, 0.15) is 40.3 Å². The number of rotatable bonds is 7. The van der Waals surface area contributed by atoms with E-state index >= 15 is 0 Å². The molecule has 0 spiro atoms. The minimum Gasteiger partial charge on any atom is -0.354 e. The van der Waals surface area contributed by atoms with Gasteiger partial charge in [0, 0.05) is 16.5 Å². The summed E-state index contributed by atoms with van der Waals surface area (Å²) in [6, 6.07) is 8.73. The van der Waals surface area contributed by atoms with Gasteiger partial charge in [0.1, 0.15) is 15.6 Å². The van der Waals surface area contributed by atoms with Gasteiger partial charge in [0.15, 0.2) is 5.76 Å². The van der Waals surface area contributed by atoms with Crippen molar-refractivity contribution in [2.24, 2.45) is 5.92 Å². The van der Waals surface area contributed by atoms with Gasteiger partial charge in [0.05, 0.1) is 0 Å². The number of aryl methyl sites for hydroxylation is 3. The summed E-state index contributed by atoms with van der Waals surface area (Å²) in [4.78, 5) is 12.8. The van der Waals surface area contributed by atoms with Crippen LogP contribution in [0.4, 0.5) is 11.4 Å². The van der Waals surface area contributed by atoms with Crippen LogP contribution in [0.15, 0.2) is 39.1 Å². The van der Waals surface area contributed by atoms with E-state index in [0.717, 1.165) is 40.2 Å². The van der Waals surface area contributed by atoms with Gasteiger partial charge in [-0.2, -0.15) is 0 Å². The summed E-state index contributed by atoms with van der Waals surface area (Å²) in [5.74, 6) is 0.474. The van der Waals surface area contributed by atoms with E-state index in [9.17, 15) is 13.2 Å². The van der Waals surface area contributed by atoms with Crippen LogP contribution in [0.5, 0.6) is 0 Å². The number of hydrogen-bond donors (Lipinski definition) is 2. The summed E-state index contributed by atoms with van der Waals surface area (Å²) >= 11 is 1.14. The molecule has 0 atom stereocenters. The van der Waals surface area contributed by atoms with Crippen molar-refractivity contribution in [1.29, 1.82) is 0 Å². The third-order valence-electron chi connectivity index (χ3n) is 5.11. The predicted molar refractivity (Wildman–Crippen MR) is 123 cm³/mol.